The molecule has 0 saturated carbocycles. The van der Waals surface area contributed by atoms with Crippen LogP contribution in [-0.2, 0) is 0 Å². The molecule has 106 valence electrons. The van der Waals surface area contributed by atoms with Gasteiger partial charge in [0, 0.05) is 25.4 Å². The molecule has 1 fully saturated rings. The van der Waals surface area contributed by atoms with Gasteiger partial charge in [0.2, 0.25) is 0 Å². The van der Waals surface area contributed by atoms with Gasteiger partial charge in [-0.3, -0.25) is 0 Å². The number of aromatic nitrogens is 2. The van der Waals surface area contributed by atoms with Crippen molar-refractivity contribution in [2.24, 2.45) is 5.92 Å². The minimum Gasteiger partial charge on any atom is -0.355 e. The number of piperidine rings is 1. The lowest BCUT2D eigenvalue weighted by Gasteiger charge is -2.37. The summed E-state index contributed by atoms with van der Waals surface area (Å²) in [6.45, 7) is 1.83. The summed E-state index contributed by atoms with van der Waals surface area (Å²) in [7, 11) is 0. The van der Waals surface area contributed by atoms with Crippen LogP contribution in [0.15, 0.2) is 24.5 Å². The van der Waals surface area contributed by atoms with E-state index >= 15 is 0 Å². The van der Waals surface area contributed by atoms with E-state index in [4.69, 9.17) is 0 Å². The molecule has 2 heterocycles. The molecule has 1 atom stereocenters. The van der Waals surface area contributed by atoms with Crippen molar-refractivity contribution in [3.63, 3.8) is 0 Å². The molecule has 1 aliphatic rings. The number of fused-ring (bicyclic) bond motifs is 1. The number of hydrogen-bond acceptors (Lipinski definition) is 3. The second-order valence-electron chi connectivity index (χ2n) is 5.19. The molecule has 1 saturated heterocycles. The molecular formula is C14H14F3N3. The Morgan fingerprint density at radius 3 is 2.85 bits per heavy atom. The van der Waals surface area contributed by atoms with Gasteiger partial charge in [-0.2, -0.15) is 0 Å². The van der Waals surface area contributed by atoms with Gasteiger partial charge in [0.05, 0.1) is 10.9 Å². The first-order chi connectivity index (χ1) is 9.49. The maximum atomic E-state index is 14.0. The lowest BCUT2D eigenvalue weighted by atomic mass is 9.95. The Labute approximate surface area is 114 Å². The molecule has 1 aromatic heterocycles. The van der Waals surface area contributed by atoms with Crippen molar-refractivity contribution < 1.29 is 13.2 Å². The van der Waals surface area contributed by atoms with Crippen molar-refractivity contribution in [3.05, 3.63) is 30.3 Å². The molecule has 20 heavy (non-hydrogen) atoms. The Morgan fingerprint density at radius 2 is 2.10 bits per heavy atom. The van der Waals surface area contributed by atoms with Crippen molar-refractivity contribution in [1.82, 2.24) is 9.97 Å². The van der Waals surface area contributed by atoms with E-state index in [0.717, 1.165) is 0 Å². The van der Waals surface area contributed by atoms with E-state index < -0.39 is 17.7 Å². The summed E-state index contributed by atoms with van der Waals surface area (Å²) in [4.78, 5) is 9.84. The first-order valence-corrected chi connectivity index (χ1v) is 6.51. The van der Waals surface area contributed by atoms with E-state index in [1.54, 1.807) is 17.0 Å². The molecule has 0 spiro atoms. The Kier molecular flexibility index (Phi) is 3.03. The smallest absolute Gasteiger partial charge is 0.254 e. The van der Waals surface area contributed by atoms with Crippen LogP contribution in [-0.4, -0.2) is 29.0 Å². The lowest BCUT2D eigenvalue weighted by molar-refractivity contribution is -0.0652. The third-order valence-corrected chi connectivity index (χ3v) is 3.82. The SMILES string of the molecule is CC1CN(c2ncnc3cccc(F)c23)CCC1(F)F. The van der Waals surface area contributed by atoms with E-state index in [1.165, 1.54) is 19.3 Å². The highest BCUT2D eigenvalue weighted by Crippen LogP contribution is 2.36. The highest BCUT2D eigenvalue weighted by Gasteiger charge is 2.41. The van der Waals surface area contributed by atoms with E-state index in [9.17, 15) is 13.2 Å². The Hall–Kier alpha value is -1.85. The lowest BCUT2D eigenvalue weighted by Crippen LogP contribution is -2.46. The first kappa shape index (κ1) is 13.1. The second-order valence-corrected chi connectivity index (χ2v) is 5.19. The van der Waals surface area contributed by atoms with E-state index in [-0.39, 0.29) is 19.5 Å². The predicted molar refractivity (Wildman–Crippen MR) is 70.4 cm³/mol. The fourth-order valence-electron chi connectivity index (χ4n) is 2.57. The van der Waals surface area contributed by atoms with Crippen LogP contribution in [0.2, 0.25) is 0 Å². The number of alkyl halides is 2. The number of rotatable bonds is 1. The summed E-state index contributed by atoms with van der Waals surface area (Å²) in [5.41, 5.74) is 0.486. The zero-order valence-corrected chi connectivity index (χ0v) is 11.0. The van der Waals surface area contributed by atoms with Gasteiger partial charge in [0.1, 0.15) is 18.0 Å². The zero-order chi connectivity index (χ0) is 14.3. The molecule has 2 aromatic rings. The largest absolute Gasteiger partial charge is 0.355 e. The van der Waals surface area contributed by atoms with Gasteiger partial charge >= 0.3 is 0 Å². The average Bonchev–Trinajstić information content (AvgIpc) is 2.42. The quantitative estimate of drug-likeness (QED) is 0.803. The molecular weight excluding hydrogens is 267 g/mol. The number of benzene rings is 1. The number of anilines is 1. The van der Waals surface area contributed by atoms with Crippen molar-refractivity contribution in [3.8, 4) is 0 Å². The van der Waals surface area contributed by atoms with Gasteiger partial charge in [-0.25, -0.2) is 23.1 Å². The average molecular weight is 281 g/mol. The molecule has 1 aliphatic heterocycles. The fourth-order valence-corrected chi connectivity index (χ4v) is 2.57. The topological polar surface area (TPSA) is 29.0 Å². The minimum atomic E-state index is -2.67. The molecule has 3 nitrogen and oxygen atoms in total. The third kappa shape index (κ3) is 2.09. The van der Waals surface area contributed by atoms with Crippen LogP contribution in [0.5, 0.6) is 0 Å². The Bertz CT molecular complexity index is 639. The number of halogens is 3. The standard InChI is InChI=1S/C14H14F3N3/c1-9-7-20(6-5-14(9,16)17)13-12-10(15)3-2-4-11(12)18-8-19-13/h2-4,8-9H,5-7H2,1H3. The highest BCUT2D eigenvalue weighted by atomic mass is 19.3. The molecule has 0 bridgehead atoms. The Balaban J connectivity index is 2.03. The number of nitrogens with zero attached hydrogens (tertiary/aromatic N) is 3. The van der Waals surface area contributed by atoms with Crippen molar-refractivity contribution in [1.29, 1.82) is 0 Å². The summed E-state index contributed by atoms with van der Waals surface area (Å²) < 4.78 is 41.1. The first-order valence-electron chi connectivity index (χ1n) is 6.51. The fraction of sp³-hybridized carbons (Fsp3) is 0.429. The molecule has 0 amide bonds. The van der Waals surface area contributed by atoms with Crippen molar-refractivity contribution in [2.75, 3.05) is 18.0 Å². The molecule has 0 radical (unpaired) electrons. The summed E-state index contributed by atoms with van der Waals surface area (Å²) in [5, 5.41) is 0.299. The number of hydrogen-bond donors (Lipinski definition) is 0. The Morgan fingerprint density at radius 1 is 1.30 bits per heavy atom. The predicted octanol–water partition coefficient (Wildman–Crippen LogP) is 3.25. The van der Waals surface area contributed by atoms with Gasteiger partial charge in [-0.1, -0.05) is 13.0 Å². The van der Waals surface area contributed by atoms with Gasteiger partial charge < -0.3 is 4.90 Å². The van der Waals surface area contributed by atoms with Gasteiger partial charge in [0.25, 0.3) is 5.92 Å². The van der Waals surface area contributed by atoms with E-state index in [1.807, 2.05) is 0 Å². The van der Waals surface area contributed by atoms with Crippen LogP contribution in [0.3, 0.4) is 0 Å². The van der Waals surface area contributed by atoms with Crippen molar-refractivity contribution in [2.45, 2.75) is 19.3 Å². The van der Waals surface area contributed by atoms with Gasteiger partial charge in [0.15, 0.2) is 0 Å². The monoisotopic (exact) mass is 281 g/mol. The highest BCUT2D eigenvalue weighted by molar-refractivity contribution is 5.89. The van der Waals surface area contributed by atoms with E-state index in [0.29, 0.717) is 16.7 Å². The van der Waals surface area contributed by atoms with Crippen LogP contribution in [0.1, 0.15) is 13.3 Å². The zero-order valence-electron chi connectivity index (χ0n) is 11.0. The molecule has 0 aliphatic carbocycles. The van der Waals surface area contributed by atoms with Crippen LogP contribution in [0.4, 0.5) is 19.0 Å². The van der Waals surface area contributed by atoms with Crippen molar-refractivity contribution >= 4 is 16.7 Å². The van der Waals surface area contributed by atoms with Crippen LogP contribution in [0.25, 0.3) is 10.9 Å². The van der Waals surface area contributed by atoms with Gasteiger partial charge in [-0.15, -0.1) is 0 Å². The molecule has 6 heteroatoms. The van der Waals surface area contributed by atoms with Gasteiger partial charge in [-0.05, 0) is 12.1 Å². The minimum absolute atomic E-state index is 0.160. The van der Waals surface area contributed by atoms with Crippen LogP contribution >= 0.6 is 0 Å². The normalized spacial score (nSPS) is 22.2. The summed E-state index contributed by atoms with van der Waals surface area (Å²) in [6.07, 6.45) is 1.10. The maximum absolute atomic E-state index is 14.0. The molecule has 1 unspecified atom stereocenters. The van der Waals surface area contributed by atoms with E-state index in [2.05, 4.69) is 9.97 Å². The third-order valence-electron chi connectivity index (χ3n) is 3.82. The molecule has 0 N–H and O–H groups in total. The summed E-state index contributed by atoms with van der Waals surface area (Å²) in [6, 6.07) is 4.59. The molecule has 1 aromatic carbocycles. The molecule has 3 rings (SSSR count). The van der Waals surface area contributed by atoms with Crippen LogP contribution < -0.4 is 4.90 Å². The second kappa shape index (κ2) is 4.61. The maximum Gasteiger partial charge on any atom is 0.254 e. The summed E-state index contributed by atoms with van der Waals surface area (Å²) >= 11 is 0. The van der Waals surface area contributed by atoms with Crippen LogP contribution in [0, 0.1) is 11.7 Å². The summed E-state index contributed by atoms with van der Waals surface area (Å²) in [5.74, 6) is -3.48.